The Hall–Kier alpha value is -1.92. The number of hydrogen-bond acceptors (Lipinski definition) is 5. The molecule has 5 nitrogen and oxygen atoms in total. The van der Waals surface area contributed by atoms with Gasteiger partial charge in [0.1, 0.15) is 0 Å². The molecule has 1 aliphatic heterocycles. The molecule has 3 aliphatic carbocycles. The van der Waals surface area contributed by atoms with E-state index in [0.717, 1.165) is 61.8 Å². The van der Waals surface area contributed by atoms with Crippen LogP contribution < -0.4 is 5.32 Å². The Balaban J connectivity index is 1.46. The Morgan fingerprint density at radius 2 is 1.63 bits per heavy atom. The first-order chi connectivity index (χ1) is 23.9. The molecule has 0 amide bonds. The third-order valence-electron chi connectivity index (χ3n) is 14.5. The average molecular weight is 718 g/mol. The largest absolute Gasteiger partial charge is 0.393 e. The minimum atomic E-state index is -0.796. The molecule has 1 heterocycles. The van der Waals surface area contributed by atoms with Crippen molar-refractivity contribution in [3.8, 4) is 0 Å². The summed E-state index contributed by atoms with van der Waals surface area (Å²) < 4.78 is 6.38. The second-order valence-corrected chi connectivity index (χ2v) is 21.2. The lowest BCUT2D eigenvalue weighted by Crippen LogP contribution is -2.64. The summed E-state index contributed by atoms with van der Waals surface area (Å²) in [7, 11) is 0. The Morgan fingerprint density at radius 1 is 0.981 bits per heavy atom. The highest BCUT2D eigenvalue weighted by atomic mass is 16.5. The number of aliphatic hydroxyl groups is 3. The van der Waals surface area contributed by atoms with Gasteiger partial charge in [0.25, 0.3) is 0 Å². The molecule has 5 heteroatoms. The zero-order valence-electron chi connectivity index (χ0n) is 34.7. The normalized spacial score (nSPS) is 34.9. The van der Waals surface area contributed by atoms with Gasteiger partial charge in [-0.2, -0.15) is 0 Å². The van der Waals surface area contributed by atoms with E-state index in [1.165, 1.54) is 5.57 Å². The van der Waals surface area contributed by atoms with Gasteiger partial charge in [-0.3, -0.25) is 0 Å². The smallest absolute Gasteiger partial charge is 0.0660 e. The van der Waals surface area contributed by atoms with Gasteiger partial charge < -0.3 is 25.4 Å². The van der Waals surface area contributed by atoms with Gasteiger partial charge in [0.05, 0.1) is 36.6 Å². The van der Waals surface area contributed by atoms with Gasteiger partial charge in [0.15, 0.2) is 0 Å². The van der Waals surface area contributed by atoms with Gasteiger partial charge in [0, 0.05) is 11.1 Å². The molecule has 4 N–H and O–H groups in total. The van der Waals surface area contributed by atoms with E-state index in [0.29, 0.717) is 37.7 Å². The second-order valence-electron chi connectivity index (χ2n) is 21.2. The van der Waals surface area contributed by atoms with Gasteiger partial charge in [-0.25, -0.2) is 0 Å². The van der Waals surface area contributed by atoms with E-state index in [2.05, 4.69) is 91.2 Å². The first kappa shape index (κ1) is 41.2. The highest BCUT2D eigenvalue weighted by Gasteiger charge is 2.75. The van der Waals surface area contributed by atoms with Crippen LogP contribution in [-0.2, 0) is 4.74 Å². The summed E-state index contributed by atoms with van der Waals surface area (Å²) in [6.07, 6.45) is 7.98. The fourth-order valence-corrected chi connectivity index (χ4v) is 11.6. The maximum atomic E-state index is 12.0. The summed E-state index contributed by atoms with van der Waals surface area (Å²) in [6, 6.07) is 10.4. The van der Waals surface area contributed by atoms with Crippen molar-refractivity contribution in [2.24, 2.45) is 50.7 Å². The first-order valence-electron chi connectivity index (χ1n) is 20.5. The van der Waals surface area contributed by atoms with E-state index in [-0.39, 0.29) is 51.1 Å². The molecule has 4 aliphatic rings. The molecule has 52 heavy (non-hydrogen) atoms. The first-order valence-corrected chi connectivity index (χ1v) is 20.5. The van der Waals surface area contributed by atoms with Crippen molar-refractivity contribution in [3.05, 3.63) is 72.5 Å². The number of rotatable bonds is 15. The monoisotopic (exact) mass is 718 g/mol. The SMILES string of the molecule is C=C(CC(C)(C)C)N[C@@H](C[C@H](O)C[C@@H](C[C@]1(C)CC2[C@@]3(CC3C[C@@H]3OC[C@]23CC(C)O)C(=C)[C@@H](CC(C)(C)O)CC1(C)C)C(=C)C)c1ccccc1. The number of nitrogens with one attached hydrogen (secondary N) is 1. The van der Waals surface area contributed by atoms with E-state index in [1.54, 1.807) is 0 Å². The van der Waals surface area contributed by atoms with Crippen molar-refractivity contribution >= 4 is 0 Å². The summed E-state index contributed by atoms with van der Waals surface area (Å²) in [5, 5.41) is 37.9. The van der Waals surface area contributed by atoms with Crippen LogP contribution in [0.2, 0.25) is 0 Å². The maximum absolute atomic E-state index is 12.0. The van der Waals surface area contributed by atoms with Crippen molar-refractivity contribution in [1.82, 2.24) is 5.32 Å². The van der Waals surface area contributed by atoms with E-state index in [1.807, 2.05) is 26.8 Å². The van der Waals surface area contributed by atoms with E-state index in [9.17, 15) is 15.3 Å². The van der Waals surface area contributed by atoms with Crippen LogP contribution in [0, 0.1) is 50.7 Å². The Kier molecular flexibility index (Phi) is 11.6. The summed E-state index contributed by atoms with van der Waals surface area (Å²) >= 11 is 0. The fraction of sp³-hybridized carbons (Fsp3) is 0.745. The number of aliphatic hydroxyl groups excluding tert-OH is 2. The lowest BCUT2D eigenvalue weighted by atomic mass is 9.44. The van der Waals surface area contributed by atoms with Gasteiger partial charge >= 0.3 is 0 Å². The van der Waals surface area contributed by atoms with Crippen molar-refractivity contribution in [2.45, 2.75) is 163 Å². The number of benzene rings is 1. The van der Waals surface area contributed by atoms with Gasteiger partial charge in [-0.15, -0.1) is 0 Å². The molecule has 1 aromatic carbocycles. The van der Waals surface area contributed by atoms with Crippen LogP contribution in [-0.4, -0.2) is 45.8 Å². The quantitative estimate of drug-likeness (QED) is 0.136. The van der Waals surface area contributed by atoms with Crippen molar-refractivity contribution in [1.29, 1.82) is 0 Å². The molecule has 1 saturated heterocycles. The molecule has 3 saturated carbocycles. The van der Waals surface area contributed by atoms with Crippen LogP contribution in [0.1, 0.15) is 145 Å². The van der Waals surface area contributed by atoms with Crippen LogP contribution >= 0.6 is 0 Å². The average Bonchev–Trinajstić information content (AvgIpc) is 3.72. The summed E-state index contributed by atoms with van der Waals surface area (Å²) in [5.74, 6) is 1.25. The summed E-state index contributed by atoms with van der Waals surface area (Å²) in [6.45, 7) is 36.7. The lowest BCUT2D eigenvalue weighted by molar-refractivity contribution is -0.264. The molecule has 0 bridgehead atoms. The Labute approximate surface area is 317 Å². The minimum absolute atomic E-state index is 0.0328. The molecular weight excluding hydrogens is 643 g/mol. The standard InChI is InChI=1S/C47H75NO4/c1-30(2)35(19-38(50)21-39(34-17-15-14-16-18-34)48-31(3)22-42(6,7)8)26-45(13)28-40-46(23-32(4)49)29-52-41(46)20-37-27-47(37,40)33(5)36(24-43(45,9)10)25-44(11,12)51/h14-18,32,35-41,48-51H,1,3,5,19-29H2,2,4,6-13H3/t32?,35-,36+,37?,38+,39-,40?,41-,45+,46+,47-/m0/s1. The topological polar surface area (TPSA) is 82.0 Å². The Morgan fingerprint density at radius 3 is 2.17 bits per heavy atom. The molecule has 4 fully saturated rings. The number of fused-ring (bicyclic) bond motifs is 2. The highest BCUT2D eigenvalue weighted by Crippen LogP contribution is 2.79. The molecule has 1 aromatic rings. The predicted molar refractivity (Wildman–Crippen MR) is 215 cm³/mol. The molecule has 5 rings (SSSR count). The van der Waals surface area contributed by atoms with Gasteiger partial charge in [-0.05, 0) is 143 Å². The van der Waals surface area contributed by atoms with Crippen molar-refractivity contribution in [3.63, 3.8) is 0 Å². The van der Waals surface area contributed by atoms with Crippen LogP contribution in [0.3, 0.4) is 0 Å². The van der Waals surface area contributed by atoms with Gasteiger partial charge in [-0.1, -0.05) is 103 Å². The third-order valence-corrected chi connectivity index (χ3v) is 14.5. The molecule has 3 unspecified atom stereocenters. The molecular formula is C47H75NO4. The van der Waals surface area contributed by atoms with Crippen LogP contribution in [0.15, 0.2) is 66.9 Å². The summed E-state index contributed by atoms with van der Waals surface area (Å²) in [5.41, 5.74) is 3.75. The zero-order valence-corrected chi connectivity index (χ0v) is 34.7. The Bertz CT molecular complexity index is 1450. The molecule has 0 radical (unpaired) electrons. The van der Waals surface area contributed by atoms with E-state index < -0.39 is 17.8 Å². The zero-order chi connectivity index (χ0) is 38.7. The van der Waals surface area contributed by atoms with Crippen LogP contribution in [0.4, 0.5) is 0 Å². The molecule has 11 atom stereocenters. The van der Waals surface area contributed by atoms with Gasteiger partial charge in [0.2, 0.25) is 0 Å². The molecule has 0 aromatic heterocycles. The molecule has 1 spiro atoms. The summed E-state index contributed by atoms with van der Waals surface area (Å²) in [4.78, 5) is 0. The van der Waals surface area contributed by atoms with Crippen molar-refractivity contribution < 1.29 is 20.1 Å². The fourth-order valence-electron chi connectivity index (χ4n) is 11.6. The van der Waals surface area contributed by atoms with E-state index in [4.69, 9.17) is 11.3 Å². The van der Waals surface area contributed by atoms with Crippen molar-refractivity contribution in [2.75, 3.05) is 6.61 Å². The lowest BCUT2D eigenvalue weighted by Gasteiger charge is -2.64. The third kappa shape index (κ3) is 8.48. The second kappa shape index (κ2) is 14.6. The predicted octanol–water partition coefficient (Wildman–Crippen LogP) is 10.3. The highest BCUT2D eigenvalue weighted by molar-refractivity contribution is 5.35. The van der Waals surface area contributed by atoms with E-state index >= 15 is 0 Å². The minimum Gasteiger partial charge on any atom is -0.393 e. The van der Waals surface area contributed by atoms with Crippen LogP contribution in [0.5, 0.6) is 0 Å². The van der Waals surface area contributed by atoms with Crippen LogP contribution in [0.25, 0.3) is 0 Å². The number of allylic oxidation sites excluding steroid dienone is 3. The number of ether oxygens (including phenoxy) is 1. The molecule has 292 valence electrons. The maximum Gasteiger partial charge on any atom is 0.0660 e. The number of hydrogen-bond donors (Lipinski definition) is 4.